The highest BCUT2D eigenvalue weighted by atomic mass is 32.2. The molecule has 0 aromatic carbocycles. The third-order valence-corrected chi connectivity index (χ3v) is 4.36. The third kappa shape index (κ3) is 3.92. The van der Waals surface area contributed by atoms with E-state index in [4.69, 9.17) is 0 Å². The van der Waals surface area contributed by atoms with E-state index >= 15 is 0 Å². The Morgan fingerprint density at radius 3 is 2.90 bits per heavy atom. The van der Waals surface area contributed by atoms with E-state index in [0.29, 0.717) is 11.7 Å². The van der Waals surface area contributed by atoms with Crippen LogP contribution in [-0.2, 0) is 11.3 Å². The van der Waals surface area contributed by atoms with Crippen molar-refractivity contribution in [3.8, 4) is 0 Å². The zero-order valence-electron chi connectivity index (χ0n) is 12.1. The molecule has 1 saturated heterocycles. The van der Waals surface area contributed by atoms with Crippen molar-refractivity contribution in [1.82, 2.24) is 30.4 Å². The highest BCUT2D eigenvalue weighted by Gasteiger charge is 2.25. The van der Waals surface area contributed by atoms with E-state index in [2.05, 4.69) is 27.8 Å². The van der Waals surface area contributed by atoms with Gasteiger partial charge in [-0.05, 0) is 36.7 Å². The largest absolute Gasteiger partial charge is 0.342 e. The standard InChI is InChI=1S/C12H22N6OS/c1-3-13-6-9-18-12(14-15-16-18)20-10(2)11(19)17-7-4-5-8-17/h10,13H,3-9H2,1-2H3. The van der Waals surface area contributed by atoms with Gasteiger partial charge in [-0.3, -0.25) is 4.79 Å². The summed E-state index contributed by atoms with van der Waals surface area (Å²) in [4.78, 5) is 14.2. The molecule has 2 heterocycles. The zero-order valence-corrected chi connectivity index (χ0v) is 12.9. The fraction of sp³-hybridized carbons (Fsp3) is 0.833. The molecule has 1 aliphatic heterocycles. The van der Waals surface area contributed by atoms with E-state index in [1.807, 2.05) is 11.8 Å². The molecule has 1 fully saturated rings. The first-order valence-electron chi connectivity index (χ1n) is 7.14. The Balaban J connectivity index is 1.88. The number of tetrazole rings is 1. The van der Waals surface area contributed by atoms with Crippen LogP contribution in [0.5, 0.6) is 0 Å². The number of amides is 1. The lowest BCUT2D eigenvalue weighted by atomic mass is 10.4. The van der Waals surface area contributed by atoms with Crippen molar-refractivity contribution in [3.63, 3.8) is 0 Å². The summed E-state index contributed by atoms with van der Waals surface area (Å²) in [6.45, 7) is 8.22. The molecule has 0 bridgehead atoms. The molecule has 1 unspecified atom stereocenters. The van der Waals surface area contributed by atoms with Crippen LogP contribution in [0, 0.1) is 0 Å². The Labute approximate surface area is 123 Å². The summed E-state index contributed by atoms with van der Waals surface area (Å²) in [5.41, 5.74) is 0. The molecule has 0 aliphatic carbocycles. The van der Waals surface area contributed by atoms with E-state index in [9.17, 15) is 4.79 Å². The molecule has 1 aromatic rings. The normalized spacial score (nSPS) is 16.6. The van der Waals surface area contributed by atoms with Crippen LogP contribution in [0.1, 0.15) is 26.7 Å². The van der Waals surface area contributed by atoms with Crippen LogP contribution in [0.2, 0.25) is 0 Å². The van der Waals surface area contributed by atoms with Crippen LogP contribution in [0.15, 0.2) is 5.16 Å². The number of aromatic nitrogens is 4. The summed E-state index contributed by atoms with van der Waals surface area (Å²) < 4.78 is 1.75. The summed E-state index contributed by atoms with van der Waals surface area (Å²) in [6, 6.07) is 0. The van der Waals surface area contributed by atoms with Crippen LogP contribution in [-0.4, -0.2) is 62.4 Å². The molecular formula is C12H22N6OS. The van der Waals surface area contributed by atoms with Gasteiger partial charge in [0.15, 0.2) is 0 Å². The summed E-state index contributed by atoms with van der Waals surface area (Å²) >= 11 is 1.44. The molecule has 1 aromatic heterocycles. The molecule has 1 aliphatic rings. The Morgan fingerprint density at radius 2 is 2.20 bits per heavy atom. The monoisotopic (exact) mass is 298 g/mol. The van der Waals surface area contributed by atoms with Gasteiger partial charge in [0.2, 0.25) is 11.1 Å². The van der Waals surface area contributed by atoms with Gasteiger partial charge in [-0.25, -0.2) is 4.68 Å². The highest BCUT2D eigenvalue weighted by molar-refractivity contribution is 8.00. The minimum absolute atomic E-state index is 0.142. The maximum atomic E-state index is 12.3. The minimum atomic E-state index is -0.142. The Kier molecular flexibility index (Phi) is 5.78. The van der Waals surface area contributed by atoms with Crippen molar-refractivity contribution >= 4 is 17.7 Å². The molecule has 1 atom stereocenters. The third-order valence-electron chi connectivity index (χ3n) is 3.30. The van der Waals surface area contributed by atoms with Crippen molar-refractivity contribution in [2.45, 2.75) is 43.6 Å². The second-order valence-electron chi connectivity index (χ2n) is 4.83. The second kappa shape index (κ2) is 7.58. The predicted molar refractivity (Wildman–Crippen MR) is 77.5 cm³/mol. The first-order chi connectivity index (χ1) is 9.72. The molecular weight excluding hydrogens is 276 g/mol. The van der Waals surface area contributed by atoms with Crippen LogP contribution < -0.4 is 5.32 Å². The SMILES string of the molecule is CCNCCn1nnnc1SC(C)C(=O)N1CCCC1. The number of carbonyl (C=O) groups is 1. The van der Waals surface area contributed by atoms with Gasteiger partial charge >= 0.3 is 0 Å². The van der Waals surface area contributed by atoms with E-state index in [0.717, 1.165) is 39.0 Å². The first-order valence-corrected chi connectivity index (χ1v) is 8.02. The lowest BCUT2D eigenvalue weighted by Crippen LogP contribution is -2.34. The highest BCUT2D eigenvalue weighted by Crippen LogP contribution is 2.23. The number of thioether (sulfide) groups is 1. The van der Waals surface area contributed by atoms with Crippen molar-refractivity contribution < 1.29 is 4.79 Å². The van der Waals surface area contributed by atoms with Gasteiger partial charge in [0, 0.05) is 19.6 Å². The Hall–Kier alpha value is -1.15. The summed E-state index contributed by atoms with van der Waals surface area (Å²) in [6.07, 6.45) is 2.23. The lowest BCUT2D eigenvalue weighted by molar-refractivity contribution is -0.129. The zero-order chi connectivity index (χ0) is 14.4. The molecule has 0 saturated carbocycles. The lowest BCUT2D eigenvalue weighted by Gasteiger charge is -2.19. The smallest absolute Gasteiger partial charge is 0.235 e. The van der Waals surface area contributed by atoms with E-state index in [-0.39, 0.29) is 11.2 Å². The number of nitrogens with one attached hydrogen (secondary N) is 1. The minimum Gasteiger partial charge on any atom is -0.342 e. The van der Waals surface area contributed by atoms with Crippen molar-refractivity contribution in [3.05, 3.63) is 0 Å². The molecule has 1 N–H and O–H groups in total. The number of likely N-dealkylation sites (tertiary alicyclic amines) is 1. The molecule has 0 radical (unpaired) electrons. The van der Waals surface area contributed by atoms with Crippen LogP contribution in [0.25, 0.3) is 0 Å². The Morgan fingerprint density at radius 1 is 1.45 bits per heavy atom. The average Bonchev–Trinajstić information content (AvgIpc) is 3.10. The topological polar surface area (TPSA) is 75.9 Å². The van der Waals surface area contributed by atoms with Gasteiger partial charge in [0.1, 0.15) is 0 Å². The maximum absolute atomic E-state index is 12.3. The van der Waals surface area contributed by atoms with Crippen LogP contribution in [0.3, 0.4) is 0 Å². The molecule has 2 rings (SSSR count). The molecule has 7 nitrogen and oxygen atoms in total. The van der Waals surface area contributed by atoms with Gasteiger partial charge in [-0.2, -0.15) is 0 Å². The number of carbonyl (C=O) groups excluding carboxylic acids is 1. The van der Waals surface area contributed by atoms with Gasteiger partial charge in [-0.1, -0.05) is 18.7 Å². The first kappa shape index (κ1) is 15.2. The molecule has 8 heteroatoms. The molecule has 112 valence electrons. The maximum Gasteiger partial charge on any atom is 0.235 e. The second-order valence-corrected chi connectivity index (χ2v) is 6.14. The van der Waals surface area contributed by atoms with Crippen molar-refractivity contribution in [2.24, 2.45) is 0 Å². The number of rotatable bonds is 7. The molecule has 0 spiro atoms. The summed E-state index contributed by atoms with van der Waals surface area (Å²) in [7, 11) is 0. The van der Waals surface area contributed by atoms with E-state index in [1.165, 1.54) is 11.8 Å². The van der Waals surface area contributed by atoms with Gasteiger partial charge < -0.3 is 10.2 Å². The number of nitrogens with zero attached hydrogens (tertiary/aromatic N) is 5. The summed E-state index contributed by atoms with van der Waals surface area (Å²) in [5.74, 6) is 0.189. The van der Waals surface area contributed by atoms with Crippen LogP contribution >= 0.6 is 11.8 Å². The van der Waals surface area contributed by atoms with Gasteiger partial charge in [-0.15, -0.1) is 5.10 Å². The fourth-order valence-corrected chi connectivity index (χ4v) is 3.09. The van der Waals surface area contributed by atoms with Gasteiger partial charge in [0.25, 0.3) is 0 Å². The number of hydrogen-bond acceptors (Lipinski definition) is 6. The molecule has 20 heavy (non-hydrogen) atoms. The van der Waals surface area contributed by atoms with Crippen molar-refractivity contribution in [2.75, 3.05) is 26.2 Å². The quantitative estimate of drug-likeness (QED) is 0.579. The average molecular weight is 298 g/mol. The van der Waals surface area contributed by atoms with Crippen LogP contribution in [0.4, 0.5) is 0 Å². The summed E-state index contributed by atoms with van der Waals surface area (Å²) in [5, 5.41) is 15.5. The predicted octanol–water partition coefficient (Wildman–Crippen LogP) is 0.386. The molecule has 1 amide bonds. The fourth-order valence-electron chi connectivity index (χ4n) is 2.19. The Bertz CT molecular complexity index is 431. The van der Waals surface area contributed by atoms with E-state index < -0.39 is 0 Å². The van der Waals surface area contributed by atoms with E-state index in [1.54, 1.807) is 4.68 Å². The number of likely N-dealkylation sites (N-methyl/N-ethyl adjacent to an activating group) is 1. The van der Waals surface area contributed by atoms with Gasteiger partial charge in [0.05, 0.1) is 11.8 Å². The van der Waals surface area contributed by atoms with Crippen molar-refractivity contribution in [1.29, 1.82) is 0 Å². The number of hydrogen-bond donors (Lipinski definition) is 1.